The average molecular weight is 252 g/mol. The number of hydrogen-bond acceptors (Lipinski definition) is 4. The van der Waals surface area contributed by atoms with E-state index in [2.05, 4.69) is 11.3 Å². The minimum atomic E-state index is -1.06. The molecule has 18 heavy (non-hydrogen) atoms. The lowest BCUT2D eigenvalue weighted by atomic mass is 10.1. The summed E-state index contributed by atoms with van der Waals surface area (Å²) in [6, 6.07) is 5.02. The van der Waals surface area contributed by atoms with E-state index in [1.54, 1.807) is 0 Å². The normalized spacial score (nSPS) is 8.50. The fourth-order valence-electron chi connectivity index (χ4n) is 0.873. The van der Waals surface area contributed by atoms with E-state index in [4.69, 9.17) is 10.2 Å². The van der Waals surface area contributed by atoms with Gasteiger partial charge >= 0.3 is 17.9 Å². The molecule has 96 valence electrons. The van der Waals surface area contributed by atoms with Crippen molar-refractivity contribution < 1.29 is 29.3 Å². The monoisotopic (exact) mass is 252 g/mol. The number of esters is 1. The summed E-state index contributed by atoms with van der Waals surface area (Å²) in [4.78, 5) is 30.4. The molecule has 0 unspecified atom stereocenters. The number of rotatable bonds is 3. The molecular weight excluding hydrogens is 240 g/mol. The third-order valence-electron chi connectivity index (χ3n) is 1.63. The first-order valence-electron chi connectivity index (χ1n) is 4.73. The zero-order valence-corrected chi connectivity index (χ0v) is 9.62. The molecule has 0 fully saturated rings. The molecule has 0 saturated carbocycles. The summed E-state index contributed by atoms with van der Waals surface area (Å²) >= 11 is 0. The maximum absolute atomic E-state index is 10.3. The number of carbonyl (C=O) groups excluding carboxylic acids is 1. The van der Waals surface area contributed by atoms with Gasteiger partial charge < -0.3 is 14.9 Å². The lowest BCUT2D eigenvalue weighted by Crippen LogP contribution is -1.99. The molecule has 0 radical (unpaired) electrons. The van der Waals surface area contributed by atoms with Gasteiger partial charge in [0.15, 0.2) is 0 Å². The Kier molecular flexibility index (Phi) is 6.50. The van der Waals surface area contributed by atoms with Crippen molar-refractivity contribution in [2.24, 2.45) is 0 Å². The van der Waals surface area contributed by atoms with Gasteiger partial charge in [-0.25, -0.2) is 9.59 Å². The van der Waals surface area contributed by atoms with Crippen LogP contribution in [0, 0.1) is 0 Å². The van der Waals surface area contributed by atoms with Crippen LogP contribution in [-0.2, 0) is 9.53 Å². The van der Waals surface area contributed by atoms with Crippen molar-refractivity contribution in [3.8, 4) is 0 Å². The first-order chi connectivity index (χ1) is 8.38. The van der Waals surface area contributed by atoms with Crippen molar-refractivity contribution in [3.05, 3.63) is 48.2 Å². The number of carbonyl (C=O) groups is 3. The van der Waals surface area contributed by atoms with Gasteiger partial charge in [-0.15, -0.1) is 0 Å². The topological polar surface area (TPSA) is 101 Å². The summed E-state index contributed by atoms with van der Waals surface area (Å²) in [5, 5.41) is 16.9. The van der Waals surface area contributed by atoms with E-state index in [0.717, 1.165) is 6.26 Å². The van der Waals surface area contributed by atoms with E-state index in [1.165, 1.54) is 31.2 Å². The SMILES string of the molecule is C=COC(C)=O.O=C(O)c1ccc(C(=O)O)cc1. The van der Waals surface area contributed by atoms with Crippen molar-refractivity contribution in [3.63, 3.8) is 0 Å². The predicted molar refractivity (Wildman–Crippen MR) is 62.3 cm³/mol. The van der Waals surface area contributed by atoms with Gasteiger partial charge in [-0.1, -0.05) is 6.58 Å². The van der Waals surface area contributed by atoms with Crippen LogP contribution in [0.25, 0.3) is 0 Å². The summed E-state index contributed by atoms with van der Waals surface area (Å²) in [5.41, 5.74) is 0.167. The highest BCUT2D eigenvalue weighted by atomic mass is 16.5. The van der Waals surface area contributed by atoms with Crippen LogP contribution in [0.3, 0.4) is 0 Å². The van der Waals surface area contributed by atoms with Crippen LogP contribution in [-0.4, -0.2) is 28.1 Å². The second-order valence-corrected chi connectivity index (χ2v) is 2.96. The maximum atomic E-state index is 10.3. The van der Waals surface area contributed by atoms with Crippen LogP contribution < -0.4 is 0 Å². The fourth-order valence-corrected chi connectivity index (χ4v) is 0.873. The molecule has 0 aliphatic rings. The van der Waals surface area contributed by atoms with Crippen LogP contribution in [0.2, 0.25) is 0 Å². The molecule has 0 saturated heterocycles. The first-order valence-corrected chi connectivity index (χ1v) is 4.73. The van der Waals surface area contributed by atoms with Crippen LogP contribution in [0.5, 0.6) is 0 Å². The fraction of sp³-hybridized carbons (Fsp3) is 0.0833. The second kappa shape index (κ2) is 7.61. The van der Waals surface area contributed by atoms with E-state index >= 15 is 0 Å². The minimum Gasteiger partial charge on any atom is -0.478 e. The molecule has 0 amide bonds. The van der Waals surface area contributed by atoms with Gasteiger partial charge in [-0.05, 0) is 24.3 Å². The highest BCUT2D eigenvalue weighted by Crippen LogP contribution is 2.03. The zero-order chi connectivity index (χ0) is 14.1. The molecule has 0 atom stereocenters. The van der Waals surface area contributed by atoms with Crippen molar-refractivity contribution >= 4 is 17.9 Å². The quantitative estimate of drug-likeness (QED) is 0.628. The highest BCUT2D eigenvalue weighted by Gasteiger charge is 2.04. The van der Waals surface area contributed by atoms with Crippen LogP contribution in [0.1, 0.15) is 27.6 Å². The molecule has 2 N–H and O–H groups in total. The zero-order valence-electron chi connectivity index (χ0n) is 9.62. The Balaban J connectivity index is 0.000000411. The summed E-state index contributed by atoms with van der Waals surface area (Å²) < 4.78 is 4.17. The molecule has 6 heteroatoms. The van der Waals surface area contributed by atoms with Gasteiger partial charge in [0.05, 0.1) is 17.4 Å². The van der Waals surface area contributed by atoms with Crippen LogP contribution in [0.4, 0.5) is 0 Å². The van der Waals surface area contributed by atoms with Crippen molar-refractivity contribution in [2.75, 3.05) is 0 Å². The predicted octanol–water partition coefficient (Wildman–Crippen LogP) is 1.78. The largest absolute Gasteiger partial charge is 0.478 e. The Morgan fingerprint density at radius 1 is 1.06 bits per heavy atom. The molecule has 6 nitrogen and oxygen atoms in total. The molecule has 0 aliphatic carbocycles. The summed E-state index contributed by atoms with van der Waals surface area (Å²) in [5.74, 6) is -2.45. The van der Waals surface area contributed by atoms with Crippen LogP contribution in [0.15, 0.2) is 37.1 Å². The summed E-state index contributed by atoms with van der Waals surface area (Å²) in [6.07, 6.45) is 1.10. The molecule has 0 spiro atoms. The molecule has 1 aromatic carbocycles. The number of carboxylic acid groups (broad SMARTS) is 2. The number of ether oxygens (including phenoxy) is 1. The highest BCUT2D eigenvalue weighted by molar-refractivity contribution is 5.91. The Morgan fingerprint density at radius 2 is 1.39 bits per heavy atom. The standard InChI is InChI=1S/C8H6O4.C4H6O2/c9-7(10)5-1-2-6(4-3-5)8(11)12;1-3-6-4(2)5/h1-4H,(H,9,10)(H,11,12);3H,1H2,2H3. The smallest absolute Gasteiger partial charge is 0.335 e. The van der Waals surface area contributed by atoms with Gasteiger partial charge in [-0.2, -0.15) is 0 Å². The molecule has 1 rings (SSSR count). The van der Waals surface area contributed by atoms with E-state index in [0.29, 0.717) is 0 Å². The Bertz CT molecular complexity index is 413. The summed E-state index contributed by atoms with van der Waals surface area (Å²) in [7, 11) is 0. The molecule has 0 aliphatic heterocycles. The van der Waals surface area contributed by atoms with E-state index in [-0.39, 0.29) is 17.1 Å². The van der Waals surface area contributed by atoms with Gasteiger partial charge in [0.25, 0.3) is 0 Å². The number of hydrogen-bond donors (Lipinski definition) is 2. The Morgan fingerprint density at radius 3 is 1.50 bits per heavy atom. The van der Waals surface area contributed by atoms with Crippen molar-refractivity contribution in [2.45, 2.75) is 6.92 Å². The first kappa shape index (κ1) is 15.4. The van der Waals surface area contributed by atoms with Crippen molar-refractivity contribution in [1.29, 1.82) is 0 Å². The molecule has 0 bridgehead atoms. The number of aromatic carboxylic acids is 2. The van der Waals surface area contributed by atoms with E-state index in [9.17, 15) is 14.4 Å². The Hall–Kier alpha value is -2.63. The molecule has 0 aromatic heterocycles. The maximum Gasteiger partial charge on any atom is 0.335 e. The Labute approximate surface area is 103 Å². The molecule has 1 aromatic rings. The molecular formula is C12H12O6. The number of carboxylic acids is 2. The summed E-state index contributed by atoms with van der Waals surface area (Å²) in [6.45, 7) is 4.48. The van der Waals surface area contributed by atoms with E-state index < -0.39 is 11.9 Å². The molecule has 0 heterocycles. The number of benzene rings is 1. The third-order valence-corrected chi connectivity index (χ3v) is 1.63. The lowest BCUT2D eigenvalue weighted by molar-refractivity contribution is -0.135. The van der Waals surface area contributed by atoms with Gasteiger partial charge in [0, 0.05) is 6.92 Å². The minimum absolute atomic E-state index is 0.0833. The van der Waals surface area contributed by atoms with Gasteiger partial charge in [0.1, 0.15) is 0 Å². The third kappa shape index (κ3) is 6.06. The van der Waals surface area contributed by atoms with E-state index in [1.807, 2.05) is 0 Å². The average Bonchev–Trinajstić information content (AvgIpc) is 2.29. The van der Waals surface area contributed by atoms with Gasteiger partial charge in [0.2, 0.25) is 0 Å². The lowest BCUT2D eigenvalue weighted by Gasteiger charge is -1.94. The second-order valence-electron chi connectivity index (χ2n) is 2.96. The van der Waals surface area contributed by atoms with Crippen LogP contribution >= 0.6 is 0 Å². The van der Waals surface area contributed by atoms with Crippen molar-refractivity contribution in [1.82, 2.24) is 0 Å². The van der Waals surface area contributed by atoms with Gasteiger partial charge in [-0.3, -0.25) is 4.79 Å².